The predicted octanol–water partition coefficient (Wildman–Crippen LogP) is 2.31. The van der Waals surface area contributed by atoms with Gasteiger partial charge in [-0.1, -0.05) is 30.3 Å². The second-order valence-corrected chi connectivity index (χ2v) is 5.29. The molecule has 0 aromatic heterocycles. The first-order valence-electron chi connectivity index (χ1n) is 7.17. The molecule has 0 spiro atoms. The van der Waals surface area contributed by atoms with Crippen molar-refractivity contribution in [2.45, 2.75) is 6.54 Å². The summed E-state index contributed by atoms with van der Waals surface area (Å²) in [6.07, 6.45) is 1.34. The number of rotatable bonds is 6. The molecule has 25 heavy (non-hydrogen) atoms. The van der Waals surface area contributed by atoms with Crippen molar-refractivity contribution in [3.05, 3.63) is 63.7 Å². The summed E-state index contributed by atoms with van der Waals surface area (Å²) in [6.45, 7) is 0.542. The van der Waals surface area contributed by atoms with E-state index in [4.69, 9.17) is 17.0 Å². The van der Waals surface area contributed by atoms with Gasteiger partial charge in [-0.25, -0.2) is 0 Å². The minimum absolute atomic E-state index is 0.0135. The van der Waals surface area contributed by atoms with E-state index in [1.165, 1.54) is 25.5 Å². The van der Waals surface area contributed by atoms with Crippen LogP contribution < -0.4 is 15.5 Å². The van der Waals surface area contributed by atoms with Gasteiger partial charge in [0, 0.05) is 18.2 Å². The largest absolute Gasteiger partial charge is 0.500 e. The molecule has 2 aromatic carbocycles. The highest BCUT2D eigenvalue weighted by atomic mass is 32.1. The van der Waals surface area contributed by atoms with Crippen LogP contribution in [0.4, 0.5) is 5.69 Å². The first-order valence-corrected chi connectivity index (χ1v) is 7.58. The van der Waals surface area contributed by atoms with Gasteiger partial charge in [-0.15, -0.1) is 0 Å². The van der Waals surface area contributed by atoms with Crippen molar-refractivity contribution in [1.29, 1.82) is 0 Å². The molecule has 0 aliphatic carbocycles. The monoisotopic (exact) mass is 360 g/mol. The van der Waals surface area contributed by atoms with Gasteiger partial charge in [0.1, 0.15) is 0 Å². The molecule has 0 radical (unpaired) electrons. The van der Waals surface area contributed by atoms with Crippen molar-refractivity contribution in [1.82, 2.24) is 10.7 Å². The molecular formula is C16H16N4O4S. The molecule has 130 valence electrons. The van der Waals surface area contributed by atoms with Crippen LogP contribution >= 0.6 is 12.2 Å². The number of thiocarbonyl (C=S) groups is 1. The summed E-state index contributed by atoms with van der Waals surface area (Å²) in [5, 5.41) is 27.9. The Bertz CT molecular complexity index is 796. The number of ether oxygens (including phenoxy) is 1. The lowest BCUT2D eigenvalue weighted by atomic mass is 10.2. The Balaban J connectivity index is 1.98. The van der Waals surface area contributed by atoms with Gasteiger partial charge in [0.15, 0.2) is 10.9 Å². The first-order chi connectivity index (χ1) is 12.0. The summed E-state index contributed by atoms with van der Waals surface area (Å²) in [4.78, 5) is 10.2. The quantitative estimate of drug-likeness (QED) is 0.314. The SMILES string of the molecule is COc1cc(/C=N/NC(=S)NCc2ccccc2)cc([N+](=O)[O-])c1O. The Kier molecular flexibility index (Phi) is 6.24. The second kappa shape index (κ2) is 8.60. The van der Waals surface area contributed by atoms with Gasteiger partial charge < -0.3 is 15.2 Å². The van der Waals surface area contributed by atoms with Crippen LogP contribution in [0.3, 0.4) is 0 Å². The second-order valence-electron chi connectivity index (χ2n) is 4.89. The third-order valence-electron chi connectivity index (χ3n) is 3.17. The number of nitro groups is 1. The zero-order valence-corrected chi connectivity index (χ0v) is 14.1. The van der Waals surface area contributed by atoms with Crippen LogP contribution in [-0.2, 0) is 6.54 Å². The van der Waals surface area contributed by atoms with Crippen molar-refractivity contribution in [2.75, 3.05) is 7.11 Å². The Labute approximate surface area is 149 Å². The molecular weight excluding hydrogens is 344 g/mol. The van der Waals surface area contributed by atoms with E-state index in [0.29, 0.717) is 17.2 Å². The van der Waals surface area contributed by atoms with Crippen LogP contribution in [0, 0.1) is 10.1 Å². The van der Waals surface area contributed by atoms with Gasteiger partial charge in [-0.3, -0.25) is 15.5 Å². The topological polar surface area (TPSA) is 109 Å². The summed E-state index contributed by atoms with van der Waals surface area (Å²) in [7, 11) is 1.31. The number of phenols is 1. The molecule has 8 nitrogen and oxygen atoms in total. The number of phenolic OH excluding ortho intramolecular Hbond substituents is 1. The highest BCUT2D eigenvalue weighted by molar-refractivity contribution is 7.80. The van der Waals surface area contributed by atoms with E-state index in [2.05, 4.69) is 15.8 Å². The molecule has 2 rings (SSSR count). The molecule has 0 bridgehead atoms. The molecule has 0 unspecified atom stereocenters. The maximum atomic E-state index is 10.9. The summed E-state index contributed by atoms with van der Waals surface area (Å²) >= 11 is 5.10. The van der Waals surface area contributed by atoms with Crippen LogP contribution in [0.1, 0.15) is 11.1 Å². The lowest BCUT2D eigenvalue weighted by Crippen LogP contribution is -2.31. The summed E-state index contributed by atoms with van der Waals surface area (Å²) in [5.74, 6) is -0.543. The highest BCUT2D eigenvalue weighted by Crippen LogP contribution is 2.36. The average Bonchev–Trinajstić information content (AvgIpc) is 2.61. The first kappa shape index (κ1) is 18.1. The number of hydrogen-bond acceptors (Lipinski definition) is 6. The molecule has 0 fully saturated rings. The van der Waals surface area contributed by atoms with Gasteiger partial charge >= 0.3 is 5.69 Å². The van der Waals surface area contributed by atoms with Gasteiger partial charge in [0.05, 0.1) is 18.2 Å². The molecule has 0 heterocycles. The number of nitro benzene ring substituents is 1. The van der Waals surface area contributed by atoms with Gasteiger partial charge in [-0.2, -0.15) is 5.10 Å². The average molecular weight is 360 g/mol. The van der Waals surface area contributed by atoms with Gasteiger partial charge in [0.25, 0.3) is 0 Å². The van der Waals surface area contributed by atoms with Gasteiger partial charge in [-0.05, 0) is 23.8 Å². The number of nitrogens with one attached hydrogen (secondary N) is 2. The van der Waals surface area contributed by atoms with Crippen LogP contribution in [0.2, 0.25) is 0 Å². The van der Waals surface area contributed by atoms with Crippen molar-refractivity contribution < 1.29 is 14.8 Å². The molecule has 9 heteroatoms. The molecule has 0 saturated carbocycles. The maximum absolute atomic E-state index is 10.9. The number of methoxy groups -OCH3 is 1. The molecule has 0 aliphatic heterocycles. The van der Waals surface area contributed by atoms with E-state index in [1.54, 1.807) is 0 Å². The van der Waals surface area contributed by atoms with Crippen LogP contribution in [-0.4, -0.2) is 28.5 Å². The van der Waals surface area contributed by atoms with Crippen LogP contribution in [0.15, 0.2) is 47.6 Å². The fourth-order valence-electron chi connectivity index (χ4n) is 1.97. The molecule has 3 N–H and O–H groups in total. The maximum Gasteiger partial charge on any atom is 0.315 e. The Hall–Kier alpha value is -3.20. The van der Waals surface area contributed by atoms with E-state index < -0.39 is 16.4 Å². The highest BCUT2D eigenvalue weighted by Gasteiger charge is 2.19. The normalized spacial score (nSPS) is 10.4. The minimum Gasteiger partial charge on any atom is -0.500 e. The van der Waals surface area contributed by atoms with Crippen molar-refractivity contribution in [2.24, 2.45) is 5.10 Å². The van der Waals surface area contributed by atoms with E-state index in [1.807, 2.05) is 30.3 Å². The molecule has 0 atom stereocenters. The van der Waals surface area contributed by atoms with E-state index in [0.717, 1.165) is 5.56 Å². The number of hydrazone groups is 1. The smallest absolute Gasteiger partial charge is 0.315 e. The summed E-state index contributed by atoms with van der Waals surface area (Å²) in [6, 6.07) is 12.3. The van der Waals surface area contributed by atoms with Gasteiger partial charge in [0.2, 0.25) is 5.75 Å². The van der Waals surface area contributed by atoms with E-state index in [-0.39, 0.29) is 5.75 Å². The number of aromatic hydroxyl groups is 1. The molecule has 0 saturated heterocycles. The Morgan fingerprint density at radius 2 is 2.12 bits per heavy atom. The Morgan fingerprint density at radius 1 is 1.40 bits per heavy atom. The number of hydrogen-bond donors (Lipinski definition) is 3. The lowest BCUT2D eigenvalue weighted by molar-refractivity contribution is -0.386. The Morgan fingerprint density at radius 3 is 2.76 bits per heavy atom. The standard InChI is InChI=1S/C16H16N4O4S/c1-24-14-8-12(7-13(15(14)21)20(22)23)10-18-19-16(25)17-9-11-5-3-2-4-6-11/h2-8,10,21H,9H2,1H3,(H2,17,19,25)/b18-10+. The zero-order chi connectivity index (χ0) is 18.2. The fraction of sp³-hybridized carbons (Fsp3) is 0.125. The fourth-order valence-corrected chi connectivity index (χ4v) is 2.09. The summed E-state index contributed by atoms with van der Waals surface area (Å²) < 4.78 is 4.92. The van der Waals surface area contributed by atoms with Crippen molar-refractivity contribution >= 4 is 29.2 Å². The third-order valence-corrected chi connectivity index (χ3v) is 3.41. The summed E-state index contributed by atoms with van der Waals surface area (Å²) in [5.41, 5.74) is 3.59. The predicted molar refractivity (Wildman–Crippen MR) is 97.9 cm³/mol. The number of benzene rings is 2. The number of nitrogens with zero attached hydrogens (tertiary/aromatic N) is 2. The van der Waals surface area contributed by atoms with E-state index >= 15 is 0 Å². The van der Waals surface area contributed by atoms with E-state index in [9.17, 15) is 15.2 Å². The van der Waals surface area contributed by atoms with Crippen molar-refractivity contribution in [3.63, 3.8) is 0 Å². The molecule has 0 amide bonds. The minimum atomic E-state index is -0.700. The van der Waals surface area contributed by atoms with Crippen LogP contribution in [0.25, 0.3) is 0 Å². The molecule has 2 aromatic rings. The third kappa shape index (κ3) is 5.15. The molecule has 0 aliphatic rings. The zero-order valence-electron chi connectivity index (χ0n) is 13.3. The van der Waals surface area contributed by atoms with Crippen LogP contribution in [0.5, 0.6) is 11.5 Å². The van der Waals surface area contributed by atoms with Crippen molar-refractivity contribution in [3.8, 4) is 11.5 Å². The lowest BCUT2D eigenvalue weighted by Gasteiger charge is -2.07.